The average Bonchev–Trinajstić information content (AvgIpc) is 3.53. The molecule has 0 aliphatic rings. The molecule has 0 unspecified atom stereocenters. The lowest BCUT2D eigenvalue weighted by molar-refractivity contribution is 0.0725. The molecule has 0 heterocycles. The summed E-state index contributed by atoms with van der Waals surface area (Å²) in [6.07, 6.45) is 40.9. The van der Waals surface area contributed by atoms with Gasteiger partial charge in [0.2, 0.25) is 0 Å². The number of rotatable bonds is 42. The van der Waals surface area contributed by atoms with E-state index in [1.54, 1.807) is 48.5 Å². The first-order valence-electron chi connectivity index (χ1n) is 31.5. The molecule has 0 aliphatic heterocycles. The molecule has 0 saturated carbocycles. The van der Waals surface area contributed by atoms with Crippen molar-refractivity contribution >= 4 is 47.1 Å². The van der Waals surface area contributed by atoms with E-state index in [9.17, 15) is 9.59 Å². The third-order valence-electron chi connectivity index (χ3n) is 15.1. The second-order valence-electron chi connectivity index (χ2n) is 22.0. The molecule has 438 valence electrons. The molecule has 0 bridgehead atoms. The number of anilines is 2. The second-order valence-corrected chi connectivity index (χ2v) is 22.0. The number of unbranched alkanes of at least 4 members (excludes halogenated alkanes) is 26. The van der Waals surface area contributed by atoms with Crippen molar-refractivity contribution in [2.75, 3.05) is 25.2 Å². The molecular weight excluding hydrogens is 1010 g/mol. The summed E-state index contributed by atoms with van der Waals surface area (Å²) in [4.78, 5) is 37.2. The van der Waals surface area contributed by atoms with Crippen LogP contribution in [0.25, 0.3) is 0 Å². The van der Waals surface area contributed by atoms with Crippen LogP contribution in [0.4, 0.5) is 22.7 Å². The molecular formula is C73H95N3O6. The van der Waals surface area contributed by atoms with E-state index in [-0.39, 0.29) is 0 Å². The average molecular weight is 1110 g/mol. The summed E-state index contributed by atoms with van der Waals surface area (Å²) in [6.45, 7) is 5.92. The quantitative estimate of drug-likeness (QED) is 0.0163. The van der Waals surface area contributed by atoms with Crippen LogP contribution in [0.2, 0.25) is 0 Å². The van der Waals surface area contributed by atoms with Crippen molar-refractivity contribution in [3.63, 3.8) is 0 Å². The standard InChI is InChI=1S/C73H95N3O6/c1-4-6-8-10-12-14-16-18-20-22-24-26-28-30-56-79-68-48-36-62(37-49-68)72(77)81-70-52-40-64(41-53-70)74-58-60-32-44-66(45-33-60)76(3)67-46-34-61(35-47-67)59-75-65-42-54-71(55-43-65)82-73(78)63-38-50-69(51-39-63)80-57-31-29-27-25-23-21-19-17-15-13-11-9-7-5-2/h32-55,58-59H,4-31,56-57H2,1-3H3. The Labute approximate surface area is 493 Å². The molecule has 0 saturated heterocycles. The summed E-state index contributed by atoms with van der Waals surface area (Å²) in [5.74, 6) is 1.60. The lowest BCUT2D eigenvalue weighted by Crippen LogP contribution is -2.09. The molecule has 0 N–H and O–H groups in total. The number of hydrogen-bond acceptors (Lipinski definition) is 9. The number of ether oxygens (including phenoxy) is 4. The van der Waals surface area contributed by atoms with Crippen LogP contribution in [0.3, 0.4) is 0 Å². The lowest BCUT2D eigenvalue weighted by atomic mass is 10.0. The predicted molar refractivity (Wildman–Crippen MR) is 343 cm³/mol. The van der Waals surface area contributed by atoms with Gasteiger partial charge in [-0.15, -0.1) is 0 Å². The Morgan fingerprint density at radius 2 is 0.610 bits per heavy atom. The van der Waals surface area contributed by atoms with E-state index in [4.69, 9.17) is 18.9 Å². The highest BCUT2D eigenvalue weighted by Gasteiger charge is 2.12. The van der Waals surface area contributed by atoms with Crippen molar-refractivity contribution in [3.8, 4) is 23.0 Å². The van der Waals surface area contributed by atoms with Gasteiger partial charge in [0.25, 0.3) is 0 Å². The molecule has 6 rings (SSSR count). The number of carbonyl (C=O) groups is 2. The van der Waals surface area contributed by atoms with Gasteiger partial charge in [0.1, 0.15) is 23.0 Å². The third kappa shape index (κ3) is 25.8. The smallest absolute Gasteiger partial charge is 0.343 e. The van der Waals surface area contributed by atoms with Gasteiger partial charge in [-0.25, -0.2) is 9.59 Å². The molecule has 0 aromatic heterocycles. The highest BCUT2D eigenvalue weighted by atomic mass is 16.5. The van der Waals surface area contributed by atoms with E-state index in [1.807, 2.05) is 92.3 Å². The molecule has 0 aliphatic carbocycles. The van der Waals surface area contributed by atoms with Gasteiger partial charge >= 0.3 is 11.9 Å². The Morgan fingerprint density at radius 1 is 0.341 bits per heavy atom. The van der Waals surface area contributed by atoms with Gasteiger partial charge in [-0.05, 0) is 145 Å². The predicted octanol–water partition coefficient (Wildman–Crippen LogP) is 21.1. The summed E-state index contributed by atoms with van der Waals surface area (Å²) in [6, 6.07) is 45.1. The Morgan fingerprint density at radius 3 is 0.902 bits per heavy atom. The lowest BCUT2D eigenvalue weighted by Gasteiger charge is -2.19. The third-order valence-corrected chi connectivity index (χ3v) is 15.1. The van der Waals surface area contributed by atoms with Crippen LogP contribution < -0.4 is 23.8 Å². The minimum absolute atomic E-state index is 0.418. The van der Waals surface area contributed by atoms with E-state index in [2.05, 4.69) is 53.0 Å². The molecule has 9 nitrogen and oxygen atoms in total. The van der Waals surface area contributed by atoms with Crippen molar-refractivity contribution in [1.29, 1.82) is 0 Å². The highest BCUT2D eigenvalue weighted by Crippen LogP contribution is 2.27. The molecule has 9 heteroatoms. The SMILES string of the molecule is CCCCCCCCCCCCCCCCOc1ccc(C(=O)Oc2ccc(N=Cc3ccc(N(C)c4ccc(C=Nc5ccc(OC(=O)c6ccc(OCCCCCCCCCCCCCCCC)cc6)cc5)cc4)cc3)cc2)cc1. The largest absolute Gasteiger partial charge is 0.494 e. The maximum atomic E-state index is 12.9. The van der Waals surface area contributed by atoms with Crippen LogP contribution in [-0.2, 0) is 0 Å². The topological polar surface area (TPSA) is 99.0 Å². The summed E-state index contributed by atoms with van der Waals surface area (Å²) >= 11 is 0. The monoisotopic (exact) mass is 1110 g/mol. The first kappa shape index (κ1) is 64.2. The zero-order valence-electron chi connectivity index (χ0n) is 50.0. The molecule has 0 radical (unpaired) electrons. The Kier molecular flexibility index (Phi) is 30.9. The van der Waals surface area contributed by atoms with E-state index in [0.717, 1.165) is 58.2 Å². The number of aliphatic imine (C=N–C) groups is 2. The Balaban J connectivity index is 0.814. The number of benzene rings is 6. The molecule has 6 aromatic rings. The minimum Gasteiger partial charge on any atom is -0.494 e. The Hall–Kier alpha value is -7.00. The maximum absolute atomic E-state index is 12.9. The minimum atomic E-state index is -0.418. The van der Waals surface area contributed by atoms with Gasteiger partial charge < -0.3 is 23.8 Å². The van der Waals surface area contributed by atoms with Gasteiger partial charge in [-0.1, -0.05) is 205 Å². The van der Waals surface area contributed by atoms with Crippen LogP contribution in [0.1, 0.15) is 225 Å². The van der Waals surface area contributed by atoms with Gasteiger partial charge in [0.15, 0.2) is 0 Å². The van der Waals surface area contributed by atoms with Crippen LogP contribution in [0.5, 0.6) is 23.0 Å². The van der Waals surface area contributed by atoms with Crippen molar-refractivity contribution < 1.29 is 28.5 Å². The number of esters is 2. The first-order chi connectivity index (χ1) is 40.4. The second kappa shape index (κ2) is 39.4. The molecule has 6 aromatic carbocycles. The van der Waals surface area contributed by atoms with Crippen LogP contribution in [0.15, 0.2) is 156 Å². The van der Waals surface area contributed by atoms with E-state index in [1.165, 1.54) is 167 Å². The van der Waals surface area contributed by atoms with Gasteiger partial charge in [0, 0.05) is 30.9 Å². The summed E-state index contributed by atoms with van der Waals surface area (Å²) in [7, 11) is 2.03. The zero-order chi connectivity index (χ0) is 57.5. The molecule has 0 atom stereocenters. The maximum Gasteiger partial charge on any atom is 0.343 e. The van der Waals surface area contributed by atoms with Crippen molar-refractivity contribution in [2.24, 2.45) is 9.98 Å². The number of hydrogen-bond donors (Lipinski definition) is 0. The number of nitrogens with zero attached hydrogens (tertiary/aromatic N) is 3. The van der Waals surface area contributed by atoms with Crippen molar-refractivity contribution in [1.82, 2.24) is 0 Å². The zero-order valence-corrected chi connectivity index (χ0v) is 50.0. The van der Waals surface area contributed by atoms with Gasteiger partial charge in [0.05, 0.1) is 35.7 Å². The molecule has 0 spiro atoms. The van der Waals surface area contributed by atoms with Gasteiger partial charge in [-0.2, -0.15) is 0 Å². The van der Waals surface area contributed by atoms with Crippen molar-refractivity contribution in [3.05, 3.63) is 168 Å². The summed E-state index contributed by atoms with van der Waals surface area (Å²) < 4.78 is 23.2. The summed E-state index contributed by atoms with van der Waals surface area (Å²) in [5.41, 5.74) is 6.41. The normalized spacial score (nSPS) is 11.4. The molecule has 82 heavy (non-hydrogen) atoms. The fourth-order valence-electron chi connectivity index (χ4n) is 9.90. The van der Waals surface area contributed by atoms with Crippen molar-refractivity contribution in [2.45, 2.75) is 194 Å². The van der Waals surface area contributed by atoms with E-state index < -0.39 is 11.9 Å². The fourth-order valence-corrected chi connectivity index (χ4v) is 9.90. The van der Waals surface area contributed by atoms with Crippen LogP contribution >= 0.6 is 0 Å². The molecule has 0 amide bonds. The Bertz CT molecular complexity index is 2510. The van der Waals surface area contributed by atoms with Crippen LogP contribution in [0, 0.1) is 0 Å². The van der Waals surface area contributed by atoms with Gasteiger partial charge in [-0.3, -0.25) is 9.98 Å². The highest BCUT2D eigenvalue weighted by molar-refractivity contribution is 5.92. The fraction of sp³-hybridized carbons (Fsp3) is 0.452. The van der Waals surface area contributed by atoms with E-state index >= 15 is 0 Å². The molecule has 0 fully saturated rings. The number of carbonyl (C=O) groups excluding carboxylic acids is 2. The van der Waals surface area contributed by atoms with E-state index in [0.29, 0.717) is 35.8 Å². The van der Waals surface area contributed by atoms with Crippen LogP contribution in [-0.4, -0.2) is 44.6 Å². The first-order valence-corrected chi connectivity index (χ1v) is 31.5. The summed E-state index contributed by atoms with van der Waals surface area (Å²) in [5, 5.41) is 0.